The molecule has 2 aliphatic rings. The molecule has 1 spiro atoms. The van der Waals surface area contributed by atoms with Crippen LogP contribution in [0.2, 0.25) is 5.15 Å². The Morgan fingerprint density at radius 3 is 2.56 bits per heavy atom. The minimum atomic E-state index is -4.00. The molecule has 0 radical (unpaired) electrons. The van der Waals surface area contributed by atoms with Crippen molar-refractivity contribution in [1.82, 2.24) is 9.97 Å². The molecule has 2 N–H and O–H groups in total. The number of pyridine rings is 2. The molecule has 1 saturated carbocycles. The summed E-state index contributed by atoms with van der Waals surface area (Å²) in [5.74, 6) is -0.531. The van der Waals surface area contributed by atoms with E-state index in [4.69, 9.17) is 11.6 Å². The first kappa shape index (κ1) is 23.1. The molecule has 2 aromatic heterocycles. The molecule has 184 valence electrons. The number of fused-ring (bicyclic) bond motifs is 1. The van der Waals surface area contributed by atoms with Gasteiger partial charge in [-0.05, 0) is 66.9 Å². The summed E-state index contributed by atoms with van der Waals surface area (Å²) >= 11 is 6.22. The van der Waals surface area contributed by atoms with Crippen molar-refractivity contribution in [3.8, 4) is 11.1 Å². The third-order valence-corrected chi connectivity index (χ3v) is 8.78. The van der Waals surface area contributed by atoms with Crippen LogP contribution in [0.3, 0.4) is 0 Å². The first-order valence-electron chi connectivity index (χ1n) is 11.5. The van der Waals surface area contributed by atoms with Crippen LogP contribution in [0.4, 0.5) is 15.8 Å². The van der Waals surface area contributed by atoms with Crippen LogP contribution < -0.4 is 9.62 Å². The van der Waals surface area contributed by atoms with E-state index in [1.807, 2.05) is 24.3 Å². The van der Waals surface area contributed by atoms with Gasteiger partial charge >= 0.3 is 0 Å². The highest BCUT2D eigenvalue weighted by atomic mass is 35.5. The number of aliphatic hydroxyl groups excluding tert-OH is 1. The van der Waals surface area contributed by atoms with Gasteiger partial charge in [0.1, 0.15) is 5.82 Å². The second-order valence-electron chi connectivity index (χ2n) is 9.44. The Morgan fingerprint density at radius 2 is 1.83 bits per heavy atom. The molecule has 0 amide bonds. The number of hydrogen-bond donors (Lipinski definition) is 2. The molecule has 36 heavy (non-hydrogen) atoms. The van der Waals surface area contributed by atoms with E-state index < -0.39 is 15.8 Å². The second-order valence-corrected chi connectivity index (χ2v) is 11.5. The number of anilines is 2. The van der Waals surface area contributed by atoms with Crippen LogP contribution in [0.5, 0.6) is 0 Å². The first-order valence-corrected chi connectivity index (χ1v) is 13.4. The molecule has 1 atom stereocenters. The lowest BCUT2D eigenvalue weighted by Gasteiger charge is -2.20. The number of rotatable bonds is 5. The van der Waals surface area contributed by atoms with Gasteiger partial charge in [0.2, 0.25) is 0 Å². The molecule has 2 aromatic carbocycles. The van der Waals surface area contributed by atoms with Crippen LogP contribution in [-0.4, -0.2) is 42.7 Å². The summed E-state index contributed by atoms with van der Waals surface area (Å²) in [6, 6.07) is 13.9. The van der Waals surface area contributed by atoms with Crippen LogP contribution in [-0.2, 0) is 10.0 Å². The molecule has 1 aliphatic heterocycles. The predicted octanol–water partition coefficient (Wildman–Crippen LogP) is 4.85. The first-order chi connectivity index (χ1) is 17.2. The molecular formula is C26H22ClFN4O3S. The number of aromatic nitrogens is 2. The van der Waals surface area contributed by atoms with Gasteiger partial charge in [-0.25, -0.2) is 17.8 Å². The zero-order valence-electron chi connectivity index (χ0n) is 19.0. The lowest BCUT2D eigenvalue weighted by molar-refractivity contribution is 0.136. The minimum Gasteiger partial charge on any atom is -0.391 e. The Balaban J connectivity index is 1.35. The minimum absolute atomic E-state index is 0.00614. The molecular weight excluding hydrogens is 503 g/mol. The largest absolute Gasteiger partial charge is 0.391 e. The van der Waals surface area contributed by atoms with Gasteiger partial charge in [0.05, 0.1) is 22.2 Å². The number of nitrogens with one attached hydrogen (secondary N) is 1. The van der Waals surface area contributed by atoms with E-state index in [-0.39, 0.29) is 27.3 Å². The summed E-state index contributed by atoms with van der Waals surface area (Å²) < 4.78 is 41.3. The Morgan fingerprint density at radius 1 is 1.06 bits per heavy atom. The van der Waals surface area contributed by atoms with E-state index >= 15 is 0 Å². The fourth-order valence-electron chi connectivity index (χ4n) is 4.87. The van der Waals surface area contributed by atoms with E-state index in [0.29, 0.717) is 12.1 Å². The predicted molar refractivity (Wildman–Crippen MR) is 137 cm³/mol. The summed E-state index contributed by atoms with van der Waals surface area (Å²) in [6.07, 6.45) is 5.11. The summed E-state index contributed by atoms with van der Waals surface area (Å²) in [5.41, 5.74) is 3.43. The van der Waals surface area contributed by atoms with E-state index in [9.17, 15) is 17.9 Å². The Kier molecular flexibility index (Phi) is 5.40. The highest BCUT2D eigenvalue weighted by molar-refractivity contribution is 7.92. The van der Waals surface area contributed by atoms with Crippen molar-refractivity contribution in [2.75, 3.05) is 22.7 Å². The van der Waals surface area contributed by atoms with Crippen molar-refractivity contribution < 1.29 is 17.9 Å². The van der Waals surface area contributed by atoms with E-state index in [1.165, 1.54) is 12.1 Å². The van der Waals surface area contributed by atoms with Gasteiger partial charge in [0.15, 0.2) is 5.15 Å². The van der Waals surface area contributed by atoms with Crippen LogP contribution >= 0.6 is 11.6 Å². The van der Waals surface area contributed by atoms with Gasteiger partial charge in [0.25, 0.3) is 10.0 Å². The number of sulfonamides is 1. The maximum Gasteiger partial charge on any atom is 0.261 e. The van der Waals surface area contributed by atoms with Crippen LogP contribution in [0.15, 0.2) is 71.9 Å². The van der Waals surface area contributed by atoms with Gasteiger partial charge in [-0.2, -0.15) is 0 Å². The van der Waals surface area contributed by atoms with Crippen molar-refractivity contribution in [3.05, 3.63) is 78.0 Å². The van der Waals surface area contributed by atoms with E-state index in [1.54, 1.807) is 18.5 Å². The molecule has 4 aromatic rings. The van der Waals surface area contributed by atoms with Crippen LogP contribution in [0.1, 0.15) is 12.8 Å². The number of halogens is 2. The quantitative estimate of drug-likeness (QED) is 0.362. The molecule has 1 unspecified atom stereocenters. The van der Waals surface area contributed by atoms with Gasteiger partial charge < -0.3 is 10.0 Å². The molecule has 7 nitrogen and oxygen atoms in total. The lowest BCUT2D eigenvalue weighted by Crippen LogP contribution is -2.21. The summed E-state index contributed by atoms with van der Waals surface area (Å²) in [6.45, 7) is 1.40. The molecule has 1 saturated heterocycles. The van der Waals surface area contributed by atoms with Gasteiger partial charge in [-0.1, -0.05) is 17.7 Å². The summed E-state index contributed by atoms with van der Waals surface area (Å²) in [4.78, 5) is 10.8. The van der Waals surface area contributed by atoms with Gasteiger partial charge in [-0.15, -0.1) is 0 Å². The number of aliphatic hydroxyl groups is 1. The fraction of sp³-hybridized carbons (Fsp3) is 0.231. The average Bonchev–Trinajstić information content (AvgIpc) is 3.57. The Hall–Kier alpha value is -3.27. The smallest absolute Gasteiger partial charge is 0.261 e. The normalized spacial score (nSPS) is 18.6. The van der Waals surface area contributed by atoms with E-state index in [2.05, 4.69) is 19.6 Å². The van der Waals surface area contributed by atoms with Crippen molar-refractivity contribution in [1.29, 1.82) is 0 Å². The average molecular weight is 525 g/mol. The monoisotopic (exact) mass is 524 g/mol. The number of nitrogens with zero attached hydrogens (tertiary/aromatic N) is 3. The van der Waals surface area contributed by atoms with Crippen LogP contribution in [0, 0.1) is 11.2 Å². The number of hydrogen-bond acceptors (Lipinski definition) is 6. The zero-order valence-corrected chi connectivity index (χ0v) is 20.6. The number of benzene rings is 2. The van der Waals surface area contributed by atoms with Gasteiger partial charge in [0, 0.05) is 47.5 Å². The highest BCUT2D eigenvalue weighted by Gasteiger charge is 2.54. The SMILES string of the molecule is O=S(=O)(Nc1cc(-c2ccc3nccc(N4CC(O)C5(CC5)C4)c3c2)cnc1Cl)c1ccc(F)cc1. The second kappa shape index (κ2) is 8.40. The maximum atomic E-state index is 13.2. The molecule has 10 heteroatoms. The summed E-state index contributed by atoms with van der Waals surface area (Å²) in [5, 5.41) is 11.5. The van der Waals surface area contributed by atoms with Crippen molar-refractivity contribution in [3.63, 3.8) is 0 Å². The fourth-order valence-corrected chi connectivity index (χ4v) is 6.13. The molecule has 1 aliphatic carbocycles. The maximum absolute atomic E-state index is 13.2. The number of β-amino-alcohol motifs (C(OH)–C–C–N with tert-alkyl or cyclic N) is 1. The molecule has 0 bridgehead atoms. The van der Waals surface area contributed by atoms with E-state index in [0.717, 1.165) is 53.7 Å². The third kappa shape index (κ3) is 4.07. The molecule has 6 rings (SSSR count). The van der Waals surface area contributed by atoms with Crippen molar-refractivity contribution in [2.24, 2.45) is 5.41 Å². The van der Waals surface area contributed by atoms with Crippen molar-refractivity contribution >= 4 is 43.9 Å². The third-order valence-electron chi connectivity index (χ3n) is 7.10. The van der Waals surface area contributed by atoms with Crippen molar-refractivity contribution in [2.45, 2.75) is 23.8 Å². The lowest BCUT2D eigenvalue weighted by atomic mass is 10.0. The van der Waals surface area contributed by atoms with Gasteiger partial charge in [-0.3, -0.25) is 9.71 Å². The summed E-state index contributed by atoms with van der Waals surface area (Å²) in [7, 11) is -4.00. The highest BCUT2D eigenvalue weighted by Crippen LogP contribution is 2.54. The van der Waals surface area contributed by atoms with Crippen LogP contribution in [0.25, 0.3) is 22.0 Å². The molecule has 2 fully saturated rings. The Bertz CT molecular complexity index is 1590. The standard InChI is InChI=1S/C26H22ClFN4O3S/c27-25-22(31-36(34,35)19-4-2-18(28)3-5-19)12-17(13-30-25)16-1-6-21-20(11-16)23(7-10-29-21)32-14-24(33)26(15-32)8-9-26/h1-7,10-13,24,31,33H,8-9,14-15H2. The zero-order chi connectivity index (χ0) is 25.1. The topological polar surface area (TPSA) is 95.4 Å². The molecule has 3 heterocycles. The Labute approximate surface area is 212 Å².